The number of ether oxygens (including phenoxy) is 1. The molecule has 0 aliphatic rings. The van der Waals surface area contributed by atoms with Crippen LogP contribution in [0.15, 0.2) is 45.3 Å². The Hall–Kier alpha value is -1.33. The third kappa shape index (κ3) is 5.64. The number of aryl methyl sites for hydroxylation is 2. The van der Waals surface area contributed by atoms with Gasteiger partial charge in [0.2, 0.25) is 0 Å². The maximum absolute atomic E-state index is 12.1. The van der Waals surface area contributed by atoms with Crippen molar-refractivity contribution in [3.8, 4) is 5.75 Å². The molecule has 0 unspecified atom stereocenters. The Morgan fingerprint density at radius 1 is 1.12 bits per heavy atom. The number of hydrogen-bond donors (Lipinski definition) is 1. The van der Waals surface area contributed by atoms with Crippen molar-refractivity contribution in [2.45, 2.75) is 33.1 Å². The van der Waals surface area contributed by atoms with Gasteiger partial charge in [-0.15, -0.1) is 0 Å². The van der Waals surface area contributed by atoms with E-state index in [0.29, 0.717) is 5.75 Å². The molecule has 1 amide bonds. The number of anilines is 1. The fraction of sp³-hybridized carbons (Fsp3) is 0.316. The normalized spacial score (nSPS) is 10.5. The first-order valence-corrected chi connectivity index (χ1v) is 9.55. The molecule has 1 N–H and O–H groups in total. The molecule has 0 spiro atoms. The molecule has 0 radical (unpaired) electrons. The Labute approximate surface area is 160 Å². The number of benzene rings is 2. The van der Waals surface area contributed by atoms with E-state index in [1.165, 1.54) is 18.4 Å². The summed E-state index contributed by atoms with van der Waals surface area (Å²) >= 11 is 6.96. The highest BCUT2D eigenvalue weighted by molar-refractivity contribution is 9.10. The average Bonchev–Trinajstić information content (AvgIpc) is 2.56. The number of rotatable bonds is 7. The minimum Gasteiger partial charge on any atom is -0.484 e. The van der Waals surface area contributed by atoms with E-state index in [2.05, 4.69) is 56.2 Å². The predicted octanol–water partition coefficient (Wildman–Crippen LogP) is 5.88. The van der Waals surface area contributed by atoms with Crippen LogP contribution in [0.3, 0.4) is 0 Å². The van der Waals surface area contributed by atoms with Crippen molar-refractivity contribution < 1.29 is 9.53 Å². The molecule has 5 heteroatoms. The van der Waals surface area contributed by atoms with Gasteiger partial charge in [0.25, 0.3) is 5.91 Å². The van der Waals surface area contributed by atoms with Crippen molar-refractivity contribution >= 4 is 43.5 Å². The number of unbranched alkanes of at least 4 members (excludes halogenated alkanes) is 1. The van der Waals surface area contributed by atoms with Gasteiger partial charge >= 0.3 is 0 Å². The third-order valence-corrected chi connectivity index (χ3v) is 5.17. The number of halogens is 2. The lowest BCUT2D eigenvalue weighted by Crippen LogP contribution is -2.20. The highest BCUT2D eigenvalue weighted by Gasteiger charge is 2.08. The largest absolute Gasteiger partial charge is 0.484 e. The van der Waals surface area contributed by atoms with E-state index >= 15 is 0 Å². The Bertz CT molecular complexity index is 717. The summed E-state index contributed by atoms with van der Waals surface area (Å²) in [6.45, 7) is 4.13. The van der Waals surface area contributed by atoms with Crippen LogP contribution in [0.5, 0.6) is 5.75 Å². The van der Waals surface area contributed by atoms with Gasteiger partial charge in [-0.05, 0) is 77.2 Å². The van der Waals surface area contributed by atoms with Gasteiger partial charge in [-0.1, -0.05) is 35.3 Å². The predicted molar refractivity (Wildman–Crippen MR) is 106 cm³/mol. The molecule has 128 valence electrons. The van der Waals surface area contributed by atoms with Crippen LogP contribution in [-0.2, 0) is 11.2 Å². The van der Waals surface area contributed by atoms with Crippen molar-refractivity contribution in [1.82, 2.24) is 0 Å². The molecule has 0 saturated carbocycles. The second-order valence-corrected chi connectivity index (χ2v) is 7.37. The fourth-order valence-electron chi connectivity index (χ4n) is 2.24. The lowest BCUT2D eigenvalue weighted by atomic mass is 10.1. The van der Waals surface area contributed by atoms with Crippen molar-refractivity contribution in [2.75, 3.05) is 11.9 Å². The second-order valence-electron chi connectivity index (χ2n) is 5.67. The molecular weight excluding hydrogens is 434 g/mol. The van der Waals surface area contributed by atoms with Crippen LogP contribution >= 0.6 is 31.9 Å². The van der Waals surface area contributed by atoms with Gasteiger partial charge in [0, 0.05) is 8.95 Å². The molecule has 2 aromatic carbocycles. The molecule has 0 aromatic heterocycles. The molecule has 3 nitrogen and oxygen atoms in total. The van der Waals surface area contributed by atoms with Crippen LogP contribution < -0.4 is 10.1 Å². The summed E-state index contributed by atoms with van der Waals surface area (Å²) < 4.78 is 7.46. The van der Waals surface area contributed by atoms with Crippen LogP contribution in [0.1, 0.15) is 30.9 Å². The van der Waals surface area contributed by atoms with E-state index in [1.807, 2.05) is 31.2 Å². The minimum absolute atomic E-state index is 0.0227. The zero-order valence-corrected chi connectivity index (χ0v) is 17.0. The Balaban J connectivity index is 1.90. The zero-order valence-electron chi connectivity index (χ0n) is 13.9. The number of nitrogens with one attached hydrogen (secondary N) is 1. The van der Waals surface area contributed by atoms with Crippen LogP contribution in [0, 0.1) is 6.92 Å². The van der Waals surface area contributed by atoms with Gasteiger partial charge in [-0.3, -0.25) is 4.79 Å². The summed E-state index contributed by atoms with van der Waals surface area (Å²) in [5, 5.41) is 2.87. The number of hydrogen-bond acceptors (Lipinski definition) is 2. The smallest absolute Gasteiger partial charge is 0.262 e. The van der Waals surface area contributed by atoms with Crippen molar-refractivity contribution in [1.29, 1.82) is 0 Å². The van der Waals surface area contributed by atoms with E-state index in [4.69, 9.17) is 4.74 Å². The Morgan fingerprint density at radius 2 is 1.92 bits per heavy atom. The molecule has 0 fully saturated rings. The molecule has 0 aliphatic heterocycles. The first kappa shape index (κ1) is 19.0. The first-order valence-electron chi connectivity index (χ1n) is 7.97. The van der Waals surface area contributed by atoms with Crippen LogP contribution in [0.2, 0.25) is 0 Å². The van der Waals surface area contributed by atoms with Gasteiger partial charge in [0.1, 0.15) is 5.75 Å². The Kier molecular flexibility index (Phi) is 7.31. The molecule has 0 saturated heterocycles. The summed E-state index contributed by atoms with van der Waals surface area (Å²) in [4.78, 5) is 12.1. The lowest BCUT2D eigenvalue weighted by Gasteiger charge is -2.11. The van der Waals surface area contributed by atoms with E-state index in [-0.39, 0.29) is 12.5 Å². The highest BCUT2D eigenvalue weighted by atomic mass is 79.9. The van der Waals surface area contributed by atoms with E-state index < -0.39 is 0 Å². The standard InChI is InChI=1S/C19H21Br2NO2/c1-3-4-5-14-6-9-18(17(21)11-14)22-19(23)12-24-15-7-8-16(20)13(2)10-15/h6-11H,3-5,12H2,1-2H3,(H,22,23). The molecule has 24 heavy (non-hydrogen) atoms. The van der Waals surface area contributed by atoms with Crippen LogP contribution in [0.25, 0.3) is 0 Å². The van der Waals surface area contributed by atoms with Crippen LogP contribution in [-0.4, -0.2) is 12.5 Å². The number of amides is 1. The monoisotopic (exact) mass is 453 g/mol. The summed E-state index contributed by atoms with van der Waals surface area (Å²) in [5.41, 5.74) is 3.09. The van der Waals surface area contributed by atoms with Gasteiger partial charge < -0.3 is 10.1 Å². The lowest BCUT2D eigenvalue weighted by molar-refractivity contribution is -0.118. The van der Waals surface area contributed by atoms with Crippen molar-refractivity contribution in [2.24, 2.45) is 0 Å². The summed E-state index contributed by atoms with van der Waals surface area (Å²) in [5.74, 6) is 0.498. The van der Waals surface area contributed by atoms with E-state index in [0.717, 1.165) is 26.6 Å². The molecule has 0 atom stereocenters. The van der Waals surface area contributed by atoms with E-state index in [1.54, 1.807) is 0 Å². The quantitative estimate of drug-likeness (QED) is 0.567. The van der Waals surface area contributed by atoms with Crippen LogP contribution in [0.4, 0.5) is 5.69 Å². The van der Waals surface area contributed by atoms with Crippen molar-refractivity contribution in [3.05, 3.63) is 56.5 Å². The highest BCUT2D eigenvalue weighted by Crippen LogP contribution is 2.25. The zero-order chi connectivity index (χ0) is 17.5. The first-order chi connectivity index (χ1) is 11.5. The molecule has 0 aliphatic carbocycles. The molecule has 2 rings (SSSR count). The Morgan fingerprint density at radius 3 is 2.58 bits per heavy atom. The second kappa shape index (κ2) is 9.23. The topological polar surface area (TPSA) is 38.3 Å². The molecule has 0 bridgehead atoms. The van der Waals surface area contributed by atoms with Crippen molar-refractivity contribution in [3.63, 3.8) is 0 Å². The summed E-state index contributed by atoms with van der Waals surface area (Å²) in [7, 11) is 0. The SMILES string of the molecule is CCCCc1ccc(NC(=O)COc2ccc(Br)c(C)c2)c(Br)c1. The number of carbonyl (C=O) groups is 1. The number of carbonyl (C=O) groups excluding carboxylic acids is 1. The summed E-state index contributed by atoms with van der Waals surface area (Å²) in [6, 6.07) is 11.7. The summed E-state index contributed by atoms with van der Waals surface area (Å²) in [6.07, 6.45) is 3.39. The molecular formula is C19H21Br2NO2. The van der Waals surface area contributed by atoms with E-state index in [9.17, 15) is 4.79 Å². The van der Waals surface area contributed by atoms with Gasteiger partial charge in [-0.25, -0.2) is 0 Å². The van der Waals surface area contributed by atoms with Gasteiger partial charge in [-0.2, -0.15) is 0 Å². The van der Waals surface area contributed by atoms with Gasteiger partial charge in [0.15, 0.2) is 6.61 Å². The maximum atomic E-state index is 12.1. The average molecular weight is 455 g/mol. The molecule has 0 heterocycles. The fourth-order valence-corrected chi connectivity index (χ4v) is 3.01. The molecule has 2 aromatic rings. The van der Waals surface area contributed by atoms with Gasteiger partial charge in [0.05, 0.1) is 5.69 Å². The third-order valence-electron chi connectivity index (χ3n) is 3.63. The minimum atomic E-state index is -0.183. The maximum Gasteiger partial charge on any atom is 0.262 e.